The zero-order valence-corrected chi connectivity index (χ0v) is 18.4. The number of benzene rings is 2. The third kappa shape index (κ3) is 6.25. The van der Waals surface area contributed by atoms with Crippen LogP contribution < -0.4 is 10.6 Å². The van der Waals surface area contributed by atoms with Crippen LogP contribution in [0.3, 0.4) is 0 Å². The fourth-order valence-corrected chi connectivity index (χ4v) is 3.12. The molecule has 0 aliphatic rings. The molecule has 0 aromatic heterocycles. The molecule has 1 atom stereocenters. The molecule has 2 rings (SSSR count). The number of rotatable bonds is 7. The number of halogens is 2. The van der Waals surface area contributed by atoms with Crippen LogP contribution in [0.2, 0.25) is 5.02 Å². The maximum absolute atomic E-state index is 12.5. The first-order valence-electron chi connectivity index (χ1n) is 8.59. The number of nitrogens with one attached hydrogen (secondary N) is 2. The average Bonchev–Trinajstić information content (AvgIpc) is 2.64. The average molecular weight is 484 g/mol. The Morgan fingerprint density at radius 2 is 1.90 bits per heavy atom. The van der Waals surface area contributed by atoms with Crippen molar-refractivity contribution in [1.29, 1.82) is 0 Å². The molecule has 0 aliphatic carbocycles. The molecule has 0 fully saturated rings. The van der Waals surface area contributed by atoms with Crippen LogP contribution in [0, 0.1) is 17.0 Å². The molecule has 2 N–H and O–H groups in total. The van der Waals surface area contributed by atoms with E-state index in [0.717, 1.165) is 10.0 Å². The van der Waals surface area contributed by atoms with E-state index in [1.807, 2.05) is 19.1 Å². The van der Waals surface area contributed by atoms with Gasteiger partial charge in [-0.2, -0.15) is 0 Å². The number of nitro groups is 1. The van der Waals surface area contributed by atoms with E-state index in [1.165, 1.54) is 18.2 Å². The smallest absolute Gasteiger partial charge is 0.271 e. The molecule has 0 saturated carbocycles. The maximum Gasteiger partial charge on any atom is 0.271 e. The van der Waals surface area contributed by atoms with Crippen LogP contribution in [0.25, 0.3) is 0 Å². The van der Waals surface area contributed by atoms with Gasteiger partial charge in [0.15, 0.2) is 0 Å². The van der Waals surface area contributed by atoms with Crippen LogP contribution in [-0.2, 0) is 9.59 Å². The summed E-state index contributed by atoms with van der Waals surface area (Å²) in [5.74, 6) is -0.714. The molecule has 0 radical (unpaired) electrons. The van der Waals surface area contributed by atoms with Crippen molar-refractivity contribution in [2.45, 2.75) is 19.9 Å². The van der Waals surface area contributed by atoms with Gasteiger partial charge in [-0.05, 0) is 50.7 Å². The monoisotopic (exact) mass is 482 g/mol. The van der Waals surface area contributed by atoms with Crippen LogP contribution in [0.1, 0.15) is 12.5 Å². The predicted octanol–water partition coefficient (Wildman–Crippen LogP) is 4.22. The second-order valence-corrected chi connectivity index (χ2v) is 7.83. The molecule has 0 saturated heterocycles. The summed E-state index contributed by atoms with van der Waals surface area (Å²) < 4.78 is 0.912. The van der Waals surface area contributed by atoms with Gasteiger partial charge >= 0.3 is 0 Å². The molecular formula is C19H20BrClN4O4. The van der Waals surface area contributed by atoms with Gasteiger partial charge in [0.2, 0.25) is 11.8 Å². The van der Waals surface area contributed by atoms with Crippen LogP contribution in [0.4, 0.5) is 17.1 Å². The zero-order valence-electron chi connectivity index (χ0n) is 16.0. The van der Waals surface area contributed by atoms with E-state index in [1.54, 1.807) is 24.9 Å². The first-order valence-corrected chi connectivity index (χ1v) is 9.76. The van der Waals surface area contributed by atoms with Crippen molar-refractivity contribution in [3.63, 3.8) is 0 Å². The van der Waals surface area contributed by atoms with Crippen LogP contribution in [0.5, 0.6) is 0 Å². The van der Waals surface area contributed by atoms with E-state index in [2.05, 4.69) is 26.6 Å². The molecule has 1 unspecified atom stereocenters. The molecule has 154 valence electrons. The number of aryl methyl sites for hydroxylation is 1. The topological polar surface area (TPSA) is 105 Å². The molecular weight excluding hydrogens is 464 g/mol. The largest absolute Gasteiger partial charge is 0.325 e. The summed E-state index contributed by atoms with van der Waals surface area (Å²) in [5.41, 5.74) is 1.55. The minimum atomic E-state index is -0.679. The summed E-state index contributed by atoms with van der Waals surface area (Å²) in [6.07, 6.45) is 0. The van der Waals surface area contributed by atoms with Gasteiger partial charge in [0.1, 0.15) is 0 Å². The van der Waals surface area contributed by atoms with Crippen molar-refractivity contribution in [3.8, 4) is 0 Å². The zero-order chi connectivity index (χ0) is 21.7. The Hall–Kier alpha value is -2.49. The number of anilines is 2. The van der Waals surface area contributed by atoms with E-state index in [9.17, 15) is 19.7 Å². The Labute approximate surface area is 181 Å². The van der Waals surface area contributed by atoms with Gasteiger partial charge < -0.3 is 10.6 Å². The number of nitro benzene ring substituents is 1. The minimum Gasteiger partial charge on any atom is -0.325 e. The SMILES string of the molecule is Cc1cc(Br)ccc1NC(=O)CN(C)C(C)C(=O)Nc1cc([N+](=O)[O-])ccc1Cl. The summed E-state index contributed by atoms with van der Waals surface area (Å²) >= 11 is 9.38. The highest BCUT2D eigenvalue weighted by atomic mass is 79.9. The Morgan fingerprint density at radius 3 is 2.52 bits per heavy atom. The lowest BCUT2D eigenvalue weighted by Gasteiger charge is -2.23. The Morgan fingerprint density at radius 1 is 1.21 bits per heavy atom. The van der Waals surface area contributed by atoms with E-state index in [0.29, 0.717) is 5.69 Å². The van der Waals surface area contributed by atoms with Crippen molar-refractivity contribution in [2.24, 2.45) is 0 Å². The standard InChI is InChI=1S/C19H20BrClN4O4/c1-11-8-13(20)4-7-16(11)22-18(26)10-24(3)12(2)19(27)23-17-9-14(25(28)29)5-6-15(17)21/h4-9,12H,10H2,1-3H3,(H,22,26)(H,23,27). The number of carbonyl (C=O) groups excluding carboxylic acids is 2. The van der Waals surface area contributed by atoms with Crippen molar-refractivity contribution in [1.82, 2.24) is 4.90 Å². The Kier molecular flexibility index (Phi) is 7.72. The van der Waals surface area contributed by atoms with Crippen molar-refractivity contribution in [2.75, 3.05) is 24.2 Å². The highest BCUT2D eigenvalue weighted by Gasteiger charge is 2.22. The molecule has 0 spiro atoms. The predicted molar refractivity (Wildman–Crippen MR) is 116 cm³/mol. The summed E-state index contributed by atoms with van der Waals surface area (Å²) in [5, 5.41) is 16.5. The highest BCUT2D eigenvalue weighted by molar-refractivity contribution is 9.10. The van der Waals surface area contributed by atoms with Crippen LogP contribution >= 0.6 is 27.5 Å². The molecule has 2 aromatic rings. The van der Waals surface area contributed by atoms with Gasteiger partial charge in [0.25, 0.3) is 5.69 Å². The Balaban J connectivity index is 1.99. The van der Waals surface area contributed by atoms with Crippen molar-refractivity contribution >= 4 is 56.4 Å². The lowest BCUT2D eigenvalue weighted by molar-refractivity contribution is -0.384. The summed E-state index contributed by atoms with van der Waals surface area (Å²) in [6, 6.07) is 8.61. The lowest BCUT2D eigenvalue weighted by Crippen LogP contribution is -2.43. The second-order valence-electron chi connectivity index (χ2n) is 6.51. The number of likely N-dealkylation sites (N-methyl/N-ethyl adjacent to an activating group) is 1. The number of carbonyl (C=O) groups is 2. The van der Waals surface area contributed by atoms with E-state index < -0.39 is 16.9 Å². The number of non-ortho nitro benzene ring substituents is 1. The quantitative estimate of drug-likeness (QED) is 0.453. The molecule has 8 nitrogen and oxygen atoms in total. The molecule has 0 aliphatic heterocycles. The summed E-state index contributed by atoms with van der Waals surface area (Å²) in [7, 11) is 1.63. The molecule has 2 amide bonds. The first-order chi connectivity index (χ1) is 13.6. The minimum absolute atomic E-state index is 0.0211. The molecule has 0 heterocycles. The van der Waals surface area contributed by atoms with Gasteiger partial charge in [-0.25, -0.2) is 0 Å². The van der Waals surface area contributed by atoms with Crippen molar-refractivity contribution < 1.29 is 14.5 Å². The fraction of sp³-hybridized carbons (Fsp3) is 0.263. The normalized spacial score (nSPS) is 11.8. The van der Waals surface area contributed by atoms with Gasteiger partial charge in [0, 0.05) is 22.3 Å². The summed E-state index contributed by atoms with van der Waals surface area (Å²) in [4.78, 5) is 36.7. The molecule has 2 aromatic carbocycles. The van der Waals surface area contributed by atoms with Crippen LogP contribution in [-0.4, -0.2) is 41.3 Å². The molecule has 10 heteroatoms. The fourth-order valence-electron chi connectivity index (χ4n) is 2.48. The Bertz CT molecular complexity index is 954. The third-order valence-electron chi connectivity index (χ3n) is 4.31. The van der Waals surface area contributed by atoms with Gasteiger partial charge in [-0.15, -0.1) is 0 Å². The van der Waals surface area contributed by atoms with Gasteiger partial charge in [0.05, 0.1) is 28.2 Å². The number of hydrogen-bond acceptors (Lipinski definition) is 5. The summed E-state index contributed by atoms with van der Waals surface area (Å²) in [6.45, 7) is 3.48. The van der Waals surface area contributed by atoms with E-state index in [-0.39, 0.29) is 28.8 Å². The highest BCUT2D eigenvalue weighted by Crippen LogP contribution is 2.27. The molecule has 29 heavy (non-hydrogen) atoms. The second kappa shape index (κ2) is 9.82. The first kappa shape index (κ1) is 22.8. The number of hydrogen-bond donors (Lipinski definition) is 2. The van der Waals surface area contributed by atoms with E-state index >= 15 is 0 Å². The third-order valence-corrected chi connectivity index (χ3v) is 5.14. The lowest BCUT2D eigenvalue weighted by atomic mass is 10.2. The van der Waals surface area contributed by atoms with Gasteiger partial charge in [-0.1, -0.05) is 27.5 Å². The van der Waals surface area contributed by atoms with Crippen LogP contribution in [0.15, 0.2) is 40.9 Å². The number of nitrogens with zero attached hydrogens (tertiary/aromatic N) is 2. The van der Waals surface area contributed by atoms with Crippen molar-refractivity contribution in [3.05, 3.63) is 61.6 Å². The van der Waals surface area contributed by atoms with Gasteiger partial charge in [-0.3, -0.25) is 24.6 Å². The molecule has 0 bridgehead atoms. The number of amides is 2. The maximum atomic E-state index is 12.5. The van der Waals surface area contributed by atoms with E-state index in [4.69, 9.17) is 11.6 Å².